The van der Waals surface area contributed by atoms with E-state index in [0.29, 0.717) is 17.2 Å². The molecule has 3 aromatic rings. The molecule has 0 atom stereocenters. The van der Waals surface area contributed by atoms with E-state index >= 15 is 0 Å². The molecular weight excluding hydrogens is 356 g/mol. The molecule has 0 aliphatic rings. The van der Waals surface area contributed by atoms with E-state index in [1.165, 1.54) is 32.2 Å². The van der Waals surface area contributed by atoms with Gasteiger partial charge in [-0.05, 0) is 36.4 Å². The molecule has 140 valence electrons. The van der Waals surface area contributed by atoms with Crippen molar-refractivity contribution in [2.75, 3.05) is 26.2 Å². The van der Waals surface area contributed by atoms with Crippen LogP contribution in [0.4, 0.5) is 14.5 Å². The Morgan fingerprint density at radius 3 is 2.41 bits per heavy atom. The smallest absolute Gasteiger partial charge is 0.276 e. The lowest BCUT2D eigenvalue weighted by Crippen LogP contribution is -2.26. The van der Waals surface area contributed by atoms with Crippen LogP contribution in [-0.2, 0) is 0 Å². The number of aromatic nitrogens is 2. The third-order valence-corrected chi connectivity index (χ3v) is 4.08. The van der Waals surface area contributed by atoms with E-state index in [9.17, 15) is 13.6 Å². The maximum atomic E-state index is 13.4. The minimum atomic E-state index is -1.03. The zero-order valence-electron chi connectivity index (χ0n) is 14.9. The van der Waals surface area contributed by atoms with Crippen molar-refractivity contribution in [2.45, 2.75) is 0 Å². The van der Waals surface area contributed by atoms with Gasteiger partial charge in [0.15, 0.2) is 23.1 Å². The highest BCUT2D eigenvalue weighted by Crippen LogP contribution is 2.32. The predicted octanol–water partition coefficient (Wildman–Crippen LogP) is 3.65. The summed E-state index contributed by atoms with van der Waals surface area (Å²) in [6, 6.07) is 10.1. The fourth-order valence-electron chi connectivity index (χ4n) is 2.57. The molecule has 0 fully saturated rings. The van der Waals surface area contributed by atoms with Gasteiger partial charge in [-0.3, -0.25) is 9.89 Å². The van der Waals surface area contributed by atoms with Crippen molar-refractivity contribution >= 4 is 11.6 Å². The Hall–Kier alpha value is -3.42. The normalized spacial score (nSPS) is 10.6. The number of nitrogens with one attached hydrogen (secondary N) is 1. The quantitative estimate of drug-likeness (QED) is 0.741. The molecule has 8 heteroatoms. The van der Waals surface area contributed by atoms with E-state index < -0.39 is 17.5 Å². The van der Waals surface area contributed by atoms with Crippen LogP contribution in [0.2, 0.25) is 0 Å². The first-order chi connectivity index (χ1) is 12.9. The fourth-order valence-corrected chi connectivity index (χ4v) is 2.57. The standard InChI is InChI=1S/C19H17F2N3O3/c1-24(12-5-6-13(20)14(21)9-12)19(25)16-10-15(22-23-16)11-4-7-17(26-2)18(8-11)27-3/h4-10H,1-3H3,(H,22,23). The summed E-state index contributed by atoms with van der Waals surface area (Å²) in [5.74, 6) is -1.34. The molecule has 0 aliphatic heterocycles. The second kappa shape index (κ2) is 7.45. The van der Waals surface area contributed by atoms with Gasteiger partial charge in [-0.15, -0.1) is 0 Å². The van der Waals surface area contributed by atoms with Crippen LogP contribution in [0, 0.1) is 11.6 Å². The molecule has 1 aromatic heterocycles. The molecule has 0 aliphatic carbocycles. The zero-order chi connectivity index (χ0) is 19.6. The Morgan fingerprint density at radius 1 is 1.00 bits per heavy atom. The number of H-pyrrole nitrogens is 1. The summed E-state index contributed by atoms with van der Waals surface area (Å²) in [5.41, 5.74) is 1.67. The van der Waals surface area contributed by atoms with Crippen LogP contribution in [0.15, 0.2) is 42.5 Å². The maximum Gasteiger partial charge on any atom is 0.276 e. The molecule has 1 N–H and O–H groups in total. The van der Waals surface area contributed by atoms with E-state index in [-0.39, 0.29) is 11.4 Å². The number of halogens is 2. The van der Waals surface area contributed by atoms with E-state index in [1.807, 2.05) is 0 Å². The van der Waals surface area contributed by atoms with Gasteiger partial charge in [-0.2, -0.15) is 5.10 Å². The van der Waals surface area contributed by atoms with Crippen molar-refractivity contribution in [1.82, 2.24) is 10.2 Å². The highest BCUT2D eigenvalue weighted by Gasteiger charge is 2.18. The SMILES string of the molecule is COc1ccc(-c2cc(C(=O)N(C)c3ccc(F)c(F)c3)[nH]n2)cc1OC. The largest absolute Gasteiger partial charge is 0.493 e. The molecule has 1 amide bonds. The predicted molar refractivity (Wildman–Crippen MR) is 96.2 cm³/mol. The van der Waals surface area contributed by atoms with Crippen LogP contribution in [0.25, 0.3) is 11.3 Å². The number of nitrogens with zero attached hydrogens (tertiary/aromatic N) is 2. The van der Waals surface area contributed by atoms with Crippen LogP contribution in [0.1, 0.15) is 10.5 Å². The van der Waals surface area contributed by atoms with Gasteiger partial charge in [0.1, 0.15) is 5.69 Å². The summed E-state index contributed by atoms with van der Waals surface area (Å²) in [6.45, 7) is 0. The van der Waals surface area contributed by atoms with Crippen molar-refractivity contribution in [3.63, 3.8) is 0 Å². The van der Waals surface area contributed by atoms with Crippen molar-refractivity contribution < 1.29 is 23.0 Å². The van der Waals surface area contributed by atoms with Crippen LogP contribution in [0.3, 0.4) is 0 Å². The number of rotatable bonds is 5. The number of hydrogen-bond donors (Lipinski definition) is 1. The first-order valence-corrected chi connectivity index (χ1v) is 7.95. The average molecular weight is 373 g/mol. The minimum absolute atomic E-state index is 0.201. The number of ether oxygens (including phenoxy) is 2. The molecule has 0 spiro atoms. The molecule has 0 bridgehead atoms. The van der Waals surface area contributed by atoms with Gasteiger partial charge in [0.25, 0.3) is 5.91 Å². The summed E-state index contributed by atoms with van der Waals surface area (Å²) in [6.07, 6.45) is 0. The van der Waals surface area contributed by atoms with Gasteiger partial charge in [0, 0.05) is 24.4 Å². The summed E-state index contributed by atoms with van der Waals surface area (Å²) < 4.78 is 37.0. The topological polar surface area (TPSA) is 67.5 Å². The summed E-state index contributed by atoms with van der Waals surface area (Å²) in [7, 11) is 4.53. The van der Waals surface area contributed by atoms with E-state index in [2.05, 4.69) is 10.2 Å². The van der Waals surface area contributed by atoms with Gasteiger partial charge in [0.05, 0.1) is 19.9 Å². The van der Waals surface area contributed by atoms with Crippen molar-refractivity contribution in [1.29, 1.82) is 0 Å². The second-order valence-electron chi connectivity index (χ2n) is 5.70. The lowest BCUT2D eigenvalue weighted by Gasteiger charge is -2.16. The number of hydrogen-bond acceptors (Lipinski definition) is 4. The second-order valence-corrected chi connectivity index (χ2v) is 5.70. The van der Waals surface area contributed by atoms with Crippen molar-refractivity contribution in [3.8, 4) is 22.8 Å². The highest BCUT2D eigenvalue weighted by atomic mass is 19.2. The molecule has 27 heavy (non-hydrogen) atoms. The minimum Gasteiger partial charge on any atom is -0.493 e. The van der Waals surface area contributed by atoms with Crippen LogP contribution >= 0.6 is 0 Å². The monoisotopic (exact) mass is 373 g/mol. The molecule has 6 nitrogen and oxygen atoms in total. The Bertz CT molecular complexity index is 988. The Labute approximate surface area is 154 Å². The number of methoxy groups -OCH3 is 2. The molecular formula is C19H17F2N3O3. The fraction of sp³-hybridized carbons (Fsp3) is 0.158. The number of carbonyl (C=O) groups excluding carboxylic acids is 1. The Morgan fingerprint density at radius 2 is 1.74 bits per heavy atom. The van der Waals surface area contributed by atoms with Crippen molar-refractivity contribution in [2.24, 2.45) is 0 Å². The molecule has 0 unspecified atom stereocenters. The van der Waals surface area contributed by atoms with Gasteiger partial charge in [0.2, 0.25) is 0 Å². The zero-order valence-corrected chi connectivity index (χ0v) is 14.9. The molecule has 0 saturated heterocycles. The highest BCUT2D eigenvalue weighted by molar-refractivity contribution is 6.04. The van der Waals surface area contributed by atoms with E-state index in [4.69, 9.17) is 9.47 Å². The summed E-state index contributed by atoms with van der Waals surface area (Å²) in [4.78, 5) is 13.8. The molecule has 1 heterocycles. The summed E-state index contributed by atoms with van der Waals surface area (Å²) in [5, 5.41) is 6.81. The maximum absolute atomic E-state index is 13.4. The van der Waals surface area contributed by atoms with E-state index in [1.54, 1.807) is 24.3 Å². The third-order valence-electron chi connectivity index (χ3n) is 4.08. The van der Waals surface area contributed by atoms with Gasteiger partial charge >= 0.3 is 0 Å². The Kier molecular flexibility index (Phi) is 5.07. The number of anilines is 1. The van der Waals surface area contributed by atoms with E-state index in [0.717, 1.165) is 17.7 Å². The molecule has 0 saturated carbocycles. The lowest BCUT2D eigenvalue weighted by molar-refractivity contribution is 0.0988. The first kappa shape index (κ1) is 18.4. The molecule has 2 aromatic carbocycles. The van der Waals surface area contributed by atoms with Crippen LogP contribution in [0.5, 0.6) is 11.5 Å². The number of carbonyl (C=O) groups is 1. The van der Waals surface area contributed by atoms with Gasteiger partial charge in [-0.1, -0.05) is 0 Å². The Balaban J connectivity index is 1.86. The molecule has 3 rings (SSSR count). The summed E-state index contributed by atoms with van der Waals surface area (Å²) >= 11 is 0. The third kappa shape index (κ3) is 3.59. The van der Waals surface area contributed by atoms with Crippen LogP contribution in [-0.4, -0.2) is 37.4 Å². The van der Waals surface area contributed by atoms with Gasteiger partial charge in [-0.25, -0.2) is 8.78 Å². The number of amides is 1. The first-order valence-electron chi connectivity index (χ1n) is 7.95. The molecule has 0 radical (unpaired) electrons. The number of aromatic amines is 1. The van der Waals surface area contributed by atoms with Gasteiger partial charge < -0.3 is 14.4 Å². The lowest BCUT2D eigenvalue weighted by atomic mass is 10.1. The van der Waals surface area contributed by atoms with Crippen molar-refractivity contribution in [3.05, 3.63) is 59.8 Å². The average Bonchev–Trinajstić information content (AvgIpc) is 3.18. The van der Waals surface area contributed by atoms with Crippen LogP contribution < -0.4 is 14.4 Å². The number of benzene rings is 2.